The molecule has 0 atom stereocenters. The molecule has 0 aromatic carbocycles. The highest BCUT2D eigenvalue weighted by molar-refractivity contribution is 7.20. The maximum Gasteiger partial charge on any atom is 0.266 e. The van der Waals surface area contributed by atoms with Crippen molar-refractivity contribution in [1.82, 2.24) is 14.3 Å². The van der Waals surface area contributed by atoms with Gasteiger partial charge in [-0.1, -0.05) is 6.07 Å². The van der Waals surface area contributed by atoms with E-state index in [-0.39, 0.29) is 23.3 Å². The largest absolute Gasteiger partial charge is 0.369 e. The van der Waals surface area contributed by atoms with Crippen molar-refractivity contribution in [3.8, 4) is 0 Å². The van der Waals surface area contributed by atoms with E-state index in [1.807, 2.05) is 13.0 Å². The molecule has 7 nitrogen and oxygen atoms in total. The van der Waals surface area contributed by atoms with Gasteiger partial charge in [-0.2, -0.15) is 0 Å². The van der Waals surface area contributed by atoms with Gasteiger partial charge in [0.05, 0.1) is 10.3 Å². The Morgan fingerprint density at radius 1 is 1.27 bits per heavy atom. The molecule has 0 bridgehead atoms. The Morgan fingerprint density at radius 2 is 2.00 bits per heavy atom. The highest BCUT2D eigenvalue weighted by Crippen LogP contribution is 2.25. The van der Waals surface area contributed by atoms with Crippen LogP contribution in [-0.2, 0) is 4.79 Å². The van der Waals surface area contributed by atoms with E-state index in [1.165, 1.54) is 15.7 Å². The van der Waals surface area contributed by atoms with Gasteiger partial charge < -0.3 is 10.6 Å². The lowest BCUT2D eigenvalue weighted by molar-refractivity contribution is -0.123. The van der Waals surface area contributed by atoms with E-state index in [9.17, 15) is 14.4 Å². The van der Waals surface area contributed by atoms with Gasteiger partial charge in [0, 0.05) is 25.2 Å². The summed E-state index contributed by atoms with van der Waals surface area (Å²) < 4.78 is 1.51. The maximum absolute atomic E-state index is 12.8. The summed E-state index contributed by atoms with van der Waals surface area (Å²) in [6, 6.07) is 5.33. The second-order valence-corrected chi connectivity index (χ2v) is 7.68. The van der Waals surface area contributed by atoms with Gasteiger partial charge in [0.2, 0.25) is 5.91 Å². The van der Waals surface area contributed by atoms with Crippen molar-refractivity contribution in [2.24, 2.45) is 11.7 Å². The summed E-state index contributed by atoms with van der Waals surface area (Å²) in [4.78, 5) is 44.1. The number of carbonyl (C=O) groups is 2. The van der Waals surface area contributed by atoms with Crippen molar-refractivity contribution in [3.63, 3.8) is 0 Å². The number of nitrogens with zero attached hydrogens (tertiary/aromatic N) is 3. The number of rotatable bonds is 2. The van der Waals surface area contributed by atoms with E-state index >= 15 is 0 Å². The summed E-state index contributed by atoms with van der Waals surface area (Å²) in [7, 11) is 0. The Morgan fingerprint density at radius 3 is 2.69 bits per heavy atom. The van der Waals surface area contributed by atoms with Crippen LogP contribution in [0.25, 0.3) is 15.9 Å². The molecule has 1 aliphatic rings. The first-order valence-corrected chi connectivity index (χ1v) is 9.27. The first-order valence-electron chi connectivity index (χ1n) is 8.45. The zero-order valence-corrected chi connectivity index (χ0v) is 15.1. The van der Waals surface area contributed by atoms with Crippen LogP contribution in [0.15, 0.2) is 29.2 Å². The molecule has 0 saturated carbocycles. The number of carbonyl (C=O) groups excluding carboxylic acids is 2. The van der Waals surface area contributed by atoms with Crippen LogP contribution >= 0.6 is 11.3 Å². The van der Waals surface area contributed by atoms with Gasteiger partial charge in [-0.25, -0.2) is 4.98 Å². The average Bonchev–Trinajstić information content (AvgIpc) is 3.06. The number of likely N-dealkylation sites (tertiary alicyclic amines) is 1. The molecule has 8 heteroatoms. The number of aromatic nitrogens is 2. The van der Waals surface area contributed by atoms with Gasteiger partial charge in [0.15, 0.2) is 0 Å². The molecule has 3 aromatic heterocycles. The minimum atomic E-state index is -0.307. The normalized spacial score (nSPS) is 15.7. The Kier molecular flexibility index (Phi) is 3.99. The van der Waals surface area contributed by atoms with Gasteiger partial charge in [-0.05, 0) is 37.5 Å². The molecule has 0 unspecified atom stereocenters. The molecule has 2 amide bonds. The lowest BCUT2D eigenvalue weighted by atomic mass is 9.96. The topological polar surface area (TPSA) is 97.8 Å². The molecule has 1 fully saturated rings. The standard InChI is InChI=1S/C18H18N4O3S/c1-10-2-3-14-20-16-12(17(24)22(14)9-10)8-13(26-16)18(25)21-6-4-11(5-7-21)15(19)23/h2-3,8-9,11H,4-7H2,1H3,(H2,19,23). The molecular formula is C18H18N4O3S. The molecule has 26 heavy (non-hydrogen) atoms. The number of fused-ring (bicyclic) bond motifs is 2. The third-order valence-electron chi connectivity index (χ3n) is 4.85. The number of primary amides is 1. The van der Waals surface area contributed by atoms with Crippen LogP contribution < -0.4 is 11.3 Å². The summed E-state index contributed by atoms with van der Waals surface area (Å²) in [5, 5.41) is 0.452. The predicted octanol–water partition coefficient (Wildman–Crippen LogP) is 1.56. The van der Waals surface area contributed by atoms with Gasteiger partial charge in [0.25, 0.3) is 11.5 Å². The van der Waals surface area contributed by atoms with E-state index in [1.54, 1.807) is 23.2 Å². The summed E-state index contributed by atoms with van der Waals surface area (Å²) >= 11 is 1.23. The summed E-state index contributed by atoms with van der Waals surface area (Å²) in [6.45, 7) is 2.90. The van der Waals surface area contributed by atoms with E-state index < -0.39 is 0 Å². The molecule has 134 valence electrons. The fraction of sp³-hybridized carbons (Fsp3) is 0.333. The zero-order chi connectivity index (χ0) is 18.4. The fourth-order valence-electron chi connectivity index (χ4n) is 3.33. The van der Waals surface area contributed by atoms with Gasteiger partial charge in [0.1, 0.15) is 10.5 Å². The van der Waals surface area contributed by atoms with Crippen LogP contribution in [-0.4, -0.2) is 39.2 Å². The van der Waals surface area contributed by atoms with Crippen LogP contribution in [0.5, 0.6) is 0 Å². The van der Waals surface area contributed by atoms with Crippen LogP contribution in [0.1, 0.15) is 28.1 Å². The number of amides is 2. The number of thiophene rings is 1. The van der Waals surface area contributed by atoms with E-state index in [2.05, 4.69) is 4.98 Å². The van der Waals surface area contributed by atoms with Crippen molar-refractivity contribution in [2.75, 3.05) is 13.1 Å². The first-order chi connectivity index (χ1) is 12.4. The third kappa shape index (κ3) is 2.76. The van der Waals surface area contributed by atoms with Crippen LogP contribution in [0.4, 0.5) is 0 Å². The van der Waals surface area contributed by atoms with Crippen molar-refractivity contribution >= 4 is 39.0 Å². The van der Waals surface area contributed by atoms with E-state index in [0.717, 1.165) is 5.56 Å². The lowest BCUT2D eigenvalue weighted by Gasteiger charge is -2.30. The number of nitrogens with two attached hydrogens (primary N) is 1. The van der Waals surface area contributed by atoms with Crippen molar-refractivity contribution in [1.29, 1.82) is 0 Å². The summed E-state index contributed by atoms with van der Waals surface area (Å²) in [6.07, 6.45) is 2.91. The van der Waals surface area contributed by atoms with Gasteiger partial charge in [-0.15, -0.1) is 11.3 Å². The van der Waals surface area contributed by atoms with Crippen molar-refractivity contribution in [2.45, 2.75) is 19.8 Å². The number of hydrogen-bond donors (Lipinski definition) is 1. The molecular weight excluding hydrogens is 352 g/mol. The average molecular weight is 370 g/mol. The minimum absolute atomic E-state index is 0.124. The monoisotopic (exact) mass is 370 g/mol. The number of hydrogen-bond acceptors (Lipinski definition) is 5. The Bertz CT molecular complexity index is 1090. The SMILES string of the molecule is Cc1ccc2nc3sc(C(=O)N4CCC(C(N)=O)CC4)cc3c(=O)n2c1. The highest BCUT2D eigenvalue weighted by atomic mass is 32.1. The predicted molar refractivity (Wildman–Crippen MR) is 99.4 cm³/mol. The van der Waals surface area contributed by atoms with Crippen molar-refractivity contribution in [3.05, 3.63) is 45.2 Å². The van der Waals surface area contributed by atoms with Crippen molar-refractivity contribution < 1.29 is 9.59 Å². The molecule has 1 saturated heterocycles. The van der Waals surface area contributed by atoms with Gasteiger partial charge >= 0.3 is 0 Å². The molecule has 1 aliphatic heterocycles. The first kappa shape index (κ1) is 16.7. The summed E-state index contributed by atoms with van der Waals surface area (Å²) in [5.41, 5.74) is 6.70. The molecule has 0 spiro atoms. The molecule has 0 aliphatic carbocycles. The Hall–Kier alpha value is -2.74. The fourth-order valence-corrected chi connectivity index (χ4v) is 4.33. The molecule has 4 heterocycles. The number of aryl methyl sites for hydroxylation is 1. The molecule has 2 N–H and O–H groups in total. The zero-order valence-electron chi connectivity index (χ0n) is 14.3. The van der Waals surface area contributed by atoms with Crippen LogP contribution in [0.3, 0.4) is 0 Å². The second-order valence-electron chi connectivity index (χ2n) is 6.65. The summed E-state index contributed by atoms with van der Waals surface area (Å²) in [5.74, 6) is -0.597. The quantitative estimate of drug-likeness (QED) is 0.740. The molecule has 4 rings (SSSR count). The minimum Gasteiger partial charge on any atom is -0.369 e. The Balaban J connectivity index is 1.68. The van der Waals surface area contributed by atoms with Gasteiger partial charge in [-0.3, -0.25) is 18.8 Å². The smallest absolute Gasteiger partial charge is 0.266 e. The lowest BCUT2D eigenvalue weighted by Crippen LogP contribution is -2.41. The molecule has 0 radical (unpaired) electrons. The second kappa shape index (κ2) is 6.21. The Labute approximate surface area is 153 Å². The molecule has 3 aromatic rings. The van der Waals surface area contributed by atoms with E-state index in [0.29, 0.717) is 46.7 Å². The van der Waals surface area contributed by atoms with Crippen LogP contribution in [0, 0.1) is 12.8 Å². The van der Waals surface area contributed by atoms with Crippen LogP contribution in [0.2, 0.25) is 0 Å². The third-order valence-corrected chi connectivity index (χ3v) is 5.86. The number of piperidine rings is 1. The number of pyridine rings is 1. The van der Waals surface area contributed by atoms with E-state index in [4.69, 9.17) is 5.73 Å². The highest BCUT2D eigenvalue weighted by Gasteiger charge is 2.27. The maximum atomic E-state index is 12.8.